The maximum absolute atomic E-state index is 12.5. The molecule has 0 radical (unpaired) electrons. The van der Waals surface area contributed by atoms with Crippen LogP contribution in [0.25, 0.3) is 0 Å². The van der Waals surface area contributed by atoms with Gasteiger partial charge in [0.2, 0.25) is 5.88 Å². The van der Waals surface area contributed by atoms with Gasteiger partial charge in [-0.1, -0.05) is 6.07 Å². The molecule has 1 unspecified atom stereocenters. The molecule has 2 rings (SSSR count). The molecule has 0 spiro atoms. The SMILES string of the molecule is CCNC(=NCc1cccnc1OCC(F)(F)F)NC1CCN(CC(F)(F)F)C1. The molecule has 1 aliphatic rings. The summed E-state index contributed by atoms with van der Waals surface area (Å²) in [6.07, 6.45) is -6.90. The highest BCUT2D eigenvalue weighted by molar-refractivity contribution is 5.80. The number of pyridine rings is 1. The summed E-state index contributed by atoms with van der Waals surface area (Å²) in [6, 6.07) is 2.88. The van der Waals surface area contributed by atoms with E-state index in [9.17, 15) is 26.3 Å². The van der Waals surface area contributed by atoms with Gasteiger partial charge in [0.1, 0.15) is 0 Å². The Labute approximate surface area is 164 Å². The molecule has 0 aliphatic carbocycles. The predicted octanol–water partition coefficient (Wildman–Crippen LogP) is 2.71. The summed E-state index contributed by atoms with van der Waals surface area (Å²) < 4.78 is 79.4. The molecule has 0 aromatic carbocycles. The molecule has 1 aromatic heterocycles. The van der Waals surface area contributed by atoms with E-state index in [1.807, 2.05) is 6.92 Å². The summed E-state index contributed by atoms with van der Waals surface area (Å²) in [5.74, 6) is 0.193. The first kappa shape index (κ1) is 23.0. The van der Waals surface area contributed by atoms with Gasteiger partial charge in [0.05, 0.1) is 13.1 Å². The Kier molecular flexibility index (Phi) is 7.94. The van der Waals surface area contributed by atoms with Crippen LogP contribution in [0.5, 0.6) is 5.88 Å². The number of alkyl halides is 6. The van der Waals surface area contributed by atoms with E-state index in [1.165, 1.54) is 11.1 Å². The highest BCUT2D eigenvalue weighted by atomic mass is 19.4. The van der Waals surface area contributed by atoms with Crippen LogP contribution in [0.3, 0.4) is 0 Å². The second-order valence-corrected chi connectivity index (χ2v) is 6.55. The van der Waals surface area contributed by atoms with Crippen molar-refractivity contribution in [2.75, 3.05) is 32.8 Å². The zero-order valence-electron chi connectivity index (χ0n) is 15.8. The lowest BCUT2D eigenvalue weighted by atomic mass is 10.2. The molecule has 29 heavy (non-hydrogen) atoms. The van der Waals surface area contributed by atoms with Crippen LogP contribution >= 0.6 is 0 Å². The van der Waals surface area contributed by atoms with Crippen molar-refractivity contribution in [2.24, 2.45) is 4.99 Å². The van der Waals surface area contributed by atoms with Crippen LogP contribution in [0, 0.1) is 0 Å². The minimum Gasteiger partial charge on any atom is -0.468 e. The van der Waals surface area contributed by atoms with Crippen LogP contribution in [0.15, 0.2) is 23.3 Å². The monoisotopic (exact) mass is 427 g/mol. The number of nitrogens with zero attached hydrogens (tertiary/aromatic N) is 3. The van der Waals surface area contributed by atoms with Crippen LogP contribution in [0.4, 0.5) is 26.3 Å². The third-order valence-corrected chi connectivity index (χ3v) is 3.99. The minimum absolute atomic E-state index is 0.00461. The third kappa shape index (κ3) is 8.75. The smallest absolute Gasteiger partial charge is 0.422 e. The van der Waals surface area contributed by atoms with Crippen LogP contribution in [0.2, 0.25) is 0 Å². The highest BCUT2D eigenvalue weighted by Crippen LogP contribution is 2.21. The first-order chi connectivity index (χ1) is 13.6. The largest absolute Gasteiger partial charge is 0.468 e. The van der Waals surface area contributed by atoms with Crippen molar-refractivity contribution in [3.05, 3.63) is 23.9 Å². The van der Waals surface area contributed by atoms with Crippen LogP contribution < -0.4 is 15.4 Å². The van der Waals surface area contributed by atoms with Crippen molar-refractivity contribution >= 4 is 5.96 Å². The molecule has 1 aromatic rings. The lowest BCUT2D eigenvalue weighted by Crippen LogP contribution is -2.45. The van der Waals surface area contributed by atoms with Crippen molar-refractivity contribution in [2.45, 2.75) is 38.3 Å². The van der Waals surface area contributed by atoms with Crippen molar-refractivity contribution in [3.8, 4) is 5.88 Å². The van der Waals surface area contributed by atoms with Crippen LogP contribution in [-0.4, -0.2) is 67.0 Å². The maximum atomic E-state index is 12.5. The van der Waals surface area contributed by atoms with Crippen LogP contribution in [-0.2, 0) is 6.54 Å². The molecule has 0 saturated carbocycles. The fourth-order valence-electron chi connectivity index (χ4n) is 2.85. The molecule has 0 amide bonds. The van der Waals surface area contributed by atoms with Gasteiger partial charge < -0.3 is 15.4 Å². The maximum Gasteiger partial charge on any atom is 0.422 e. The molecule has 1 atom stereocenters. The number of halogens is 6. The minimum atomic E-state index is -4.49. The van der Waals surface area contributed by atoms with Gasteiger partial charge in [0.15, 0.2) is 12.6 Å². The number of aromatic nitrogens is 1. The Hall–Kier alpha value is -2.24. The first-order valence-corrected chi connectivity index (χ1v) is 9.03. The van der Waals surface area contributed by atoms with Gasteiger partial charge in [0, 0.05) is 37.4 Å². The van der Waals surface area contributed by atoms with Crippen LogP contribution in [0.1, 0.15) is 18.9 Å². The Bertz CT molecular complexity index is 679. The van der Waals surface area contributed by atoms with Crippen molar-refractivity contribution in [1.82, 2.24) is 20.5 Å². The van der Waals surface area contributed by atoms with E-state index >= 15 is 0 Å². The molecular weight excluding hydrogens is 404 g/mol. The number of aliphatic imine (C=N–C) groups is 1. The van der Waals surface area contributed by atoms with Crippen molar-refractivity contribution in [1.29, 1.82) is 0 Å². The second kappa shape index (κ2) is 9.99. The molecule has 1 saturated heterocycles. The summed E-state index contributed by atoms with van der Waals surface area (Å²) in [6.45, 7) is 0.435. The Morgan fingerprint density at radius 3 is 2.69 bits per heavy atom. The van der Waals surface area contributed by atoms with E-state index in [0.717, 1.165) is 0 Å². The molecule has 0 bridgehead atoms. The summed E-state index contributed by atoms with van der Waals surface area (Å²) in [7, 11) is 0. The molecule has 2 N–H and O–H groups in total. The molecule has 1 aliphatic heterocycles. The summed E-state index contributed by atoms with van der Waals surface area (Å²) in [5, 5.41) is 6.04. The standard InChI is InChI=1S/C17H23F6N5O/c1-2-24-15(27-13-5-7-28(9-13)10-16(18,19)20)26-8-12-4-3-6-25-14(12)29-11-17(21,22)23/h3-4,6,13H,2,5,7-11H2,1H3,(H2,24,26,27). The lowest BCUT2D eigenvalue weighted by Gasteiger charge is -2.20. The lowest BCUT2D eigenvalue weighted by molar-refractivity contribution is -0.154. The Morgan fingerprint density at radius 1 is 1.28 bits per heavy atom. The zero-order chi connectivity index (χ0) is 21.5. The van der Waals surface area contributed by atoms with E-state index in [-0.39, 0.29) is 25.0 Å². The van der Waals surface area contributed by atoms with E-state index < -0.39 is 25.5 Å². The Balaban J connectivity index is 1.98. The molecule has 1 fully saturated rings. The van der Waals surface area contributed by atoms with Gasteiger partial charge in [-0.05, 0) is 19.4 Å². The molecule has 2 heterocycles. The van der Waals surface area contributed by atoms with E-state index in [2.05, 4.69) is 20.6 Å². The van der Waals surface area contributed by atoms with Gasteiger partial charge in [-0.3, -0.25) is 4.90 Å². The molecule has 6 nitrogen and oxygen atoms in total. The van der Waals surface area contributed by atoms with Crippen molar-refractivity contribution < 1.29 is 31.1 Å². The Morgan fingerprint density at radius 2 is 2.03 bits per heavy atom. The number of ether oxygens (including phenoxy) is 1. The number of hydrogen-bond acceptors (Lipinski definition) is 4. The fourth-order valence-corrected chi connectivity index (χ4v) is 2.85. The summed E-state index contributed by atoms with van der Waals surface area (Å²) in [5.41, 5.74) is 0.360. The number of likely N-dealkylation sites (tertiary alicyclic amines) is 1. The fraction of sp³-hybridized carbons (Fsp3) is 0.647. The van der Waals surface area contributed by atoms with Gasteiger partial charge in [0.25, 0.3) is 0 Å². The first-order valence-electron chi connectivity index (χ1n) is 9.03. The molecule has 164 valence electrons. The number of guanidine groups is 1. The van der Waals surface area contributed by atoms with E-state index in [1.54, 1.807) is 12.1 Å². The summed E-state index contributed by atoms with van der Waals surface area (Å²) in [4.78, 5) is 9.42. The molecule has 12 heteroatoms. The number of hydrogen-bond donors (Lipinski definition) is 2. The van der Waals surface area contributed by atoms with Gasteiger partial charge in [-0.2, -0.15) is 26.3 Å². The quantitative estimate of drug-likeness (QED) is 0.398. The zero-order valence-corrected chi connectivity index (χ0v) is 15.8. The van der Waals surface area contributed by atoms with E-state index in [0.29, 0.717) is 31.0 Å². The predicted molar refractivity (Wildman–Crippen MR) is 94.6 cm³/mol. The molecular formula is C17H23F6N5O. The summed E-state index contributed by atoms with van der Waals surface area (Å²) >= 11 is 0. The van der Waals surface area contributed by atoms with Gasteiger partial charge in [-0.15, -0.1) is 0 Å². The van der Waals surface area contributed by atoms with Crippen molar-refractivity contribution in [3.63, 3.8) is 0 Å². The normalized spacial score (nSPS) is 18.7. The average molecular weight is 427 g/mol. The van der Waals surface area contributed by atoms with E-state index in [4.69, 9.17) is 4.74 Å². The highest BCUT2D eigenvalue weighted by Gasteiger charge is 2.34. The topological polar surface area (TPSA) is 61.8 Å². The second-order valence-electron chi connectivity index (χ2n) is 6.55. The third-order valence-electron chi connectivity index (χ3n) is 3.99. The van der Waals surface area contributed by atoms with Gasteiger partial charge >= 0.3 is 12.4 Å². The van der Waals surface area contributed by atoms with Gasteiger partial charge in [-0.25, -0.2) is 9.98 Å². The number of nitrogens with one attached hydrogen (secondary N) is 2. The number of rotatable bonds is 7. The average Bonchev–Trinajstić information content (AvgIpc) is 3.03.